The molecule has 1 aromatic carbocycles. The van der Waals surface area contributed by atoms with Crippen LogP contribution in [-0.4, -0.2) is 19.7 Å². The fourth-order valence-corrected chi connectivity index (χ4v) is 2.19. The molecule has 0 saturated carbocycles. The minimum absolute atomic E-state index is 0.583. The number of benzene rings is 1. The van der Waals surface area contributed by atoms with Gasteiger partial charge < -0.3 is 15.4 Å². The molecule has 3 heteroatoms. The molecule has 82 valence electrons. The maximum Gasteiger partial charge on any atom is 0.121 e. The van der Waals surface area contributed by atoms with E-state index in [0.29, 0.717) is 6.04 Å². The van der Waals surface area contributed by atoms with Crippen LogP contribution in [0.2, 0.25) is 0 Å². The van der Waals surface area contributed by atoms with E-state index in [-0.39, 0.29) is 0 Å². The zero-order valence-electron chi connectivity index (χ0n) is 9.36. The third-order valence-electron chi connectivity index (χ3n) is 3.10. The van der Waals surface area contributed by atoms with Crippen molar-refractivity contribution >= 4 is 11.4 Å². The van der Waals surface area contributed by atoms with Crippen LogP contribution in [0.3, 0.4) is 0 Å². The third-order valence-corrected chi connectivity index (χ3v) is 3.10. The number of ether oxygens (including phenoxy) is 1. The largest absolute Gasteiger partial charge is 0.497 e. The van der Waals surface area contributed by atoms with Crippen LogP contribution in [0.4, 0.5) is 11.4 Å². The van der Waals surface area contributed by atoms with E-state index in [0.717, 1.165) is 23.7 Å². The molecular formula is C12H18N2O. The first-order valence-electron chi connectivity index (χ1n) is 5.42. The third kappa shape index (κ3) is 1.87. The Morgan fingerprint density at radius 2 is 2.27 bits per heavy atom. The number of hydrogen-bond acceptors (Lipinski definition) is 3. The van der Waals surface area contributed by atoms with Gasteiger partial charge in [-0.1, -0.05) is 0 Å². The van der Waals surface area contributed by atoms with Crippen molar-refractivity contribution in [2.75, 3.05) is 24.3 Å². The van der Waals surface area contributed by atoms with Gasteiger partial charge >= 0.3 is 0 Å². The summed E-state index contributed by atoms with van der Waals surface area (Å²) in [6, 6.07) is 6.43. The molecule has 1 saturated heterocycles. The molecule has 3 nitrogen and oxygen atoms in total. The molecule has 1 aliphatic rings. The predicted octanol–water partition coefficient (Wildman–Crippen LogP) is 2.27. The van der Waals surface area contributed by atoms with Gasteiger partial charge in [-0.2, -0.15) is 0 Å². The molecule has 15 heavy (non-hydrogen) atoms. The second-order valence-corrected chi connectivity index (χ2v) is 4.11. The van der Waals surface area contributed by atoms with Gasteiger partial charge in [0.25, 0.3) is 0 Å². The van der Waals surface area contributed by atoms with Crippen LogP contribution in [0.5, 0.6) is 5.75 Å². The van der Waals surface area contributed by atoms with Crippen LogP contribution >= 0.6 is 0 Å². The van der Waals surface area contributed by atoms with Crippen LogP contribution in [0.25, 0.3) is 0 Å². The number of anilines is 2. The van der Waals surface area contributed by atoms with E-state index in [1.807, 2.05) is 18.2 Å². The summed E-state index contributed by atoms with van der Waals surface area (Å²) in [5.74, 6) is 0.873. The lowest BCUT2D eigenvalue weighted by Crippen LogP contribution is -2.27. The molecule has 0 aliphatic carbocycles. The van der Waals surface area contributed by atoms with Gasteiger partial charge in [-0.25, -0.2) is 0 Å². The van der Waals surface area contributed by atoms with Crippen LogP contribution in [0.1, 0.15) is 19.8 Å². The van der Waals surface area contributed by atoms with Crippen molar-refractivity contribution in [1.82, 2.24) is 0 Å². The molecule has 1 unspecified atom stereocenters. The monoisotopic (exact) mass is 206 g/mol. The summed E-state index contributed by atoms with van der Waals surface area (Å²) in [6.07, 6.45) is 2.49. The van der Waals surface area contributed by atoms with Crippen LogP contribution in [0.15, 0.2) is 18.2 Å². The van der Waals surface area contributed by atoms with Gasteiger partial charge in [-0.3, -0.25) is 0 Å². The molecule has 1 aliphatic heterocycles. The molecule has 2 rings (SSSR count). The average Bonchev–Trinajstić information content (AvgIpc) is 2.65. The molecule has 1 aromatic rings. The van der Waals surface area contributed by atoms with Gasteiger partial charge in [0.05, 0.1) is 18.5 Å². The number of methoxy groups -OCH3 is 1. The Bertz CT molecular complexity index is 351. The molecule has 1 fully saturated rings. The Labute approximate surface area is 90.8 Å². The minimum Gasteiger partial charge on any atom is -0.497 e. The zero-order chi connectivity index (χ0) is 10.8. The first kappa shape index (κ1) is 10.1. The molecule has 0 bridgehead atoms. The van der Waals surface area contributed by atoms with Crippen molar-refractivity contribution < 1.29 is 4.74 Å². The molecule has 1 heterocycles. The Kier molecular flexibility index (Phi) is 2.71. The molecular weight excluding hydrogens is 188 g/mol. The number of rotatable bonds is 2. The number of nitrogens with two attached hydrogens (primary N) is 1. The highest BCUT2D eigenvalue weighted by atomic mass is 16.5. The number of nitrogens with zero attached hydrogens (tertiary/aromatic N) is 1. The topological polar surface area (TPSA) is 38.5 Å². The summed E-state index contributed by atoms with van der Waals surface area (Å²) in [6.45, 7) is 3.34. The Balaban J connectivity index is 2.33. The highest BCUT2D eigenvalue weighted by Crippen LogP contribution is 2.33. The van der Waals surface area contributed by atoms with E-state index in [4.69, 9.17) is 10.5 Å². The quantitative estimate of drug-likeness (QED) is 0.754. The second-order valence-electron chi connectivity index (χ2n) is 4.11. The lowest BCUT2D eigenvalue weighted by Gasteiger charge is -2.25. The van der Waals surface area contributed by atoms with Crippen LogP contribution in [0, 0.1) is 0 Å². The van der Waals surface area contributed by atoms with Crippen molar-refractivity contribution in [3.05, 3.63) is 18.2 Å². The fourth-order valence-electron chi connectivity index (χ4n) is 2.19. The van der Waals surface area contributed by atoms with Crippen LogP contribution in [-0.2, 0) is 0 Å². The first-order chi connectivity index (χ1) is 7.22. The van der Waals surface area contributed by atoms with E-state index in [2.05, 4.69) is 11.8 Å². The molecule has 2 N–H and O–H groups in total. The highest BCUT2D eigenvalue weighted by Gasteiger charge is 2.22. The van der Waals surface area contributed by atoms with E-state index in [1.165, 1.54) is 12.8 Å². The summed E-state index contributed by atoms with van der Waals surface area (Å²) in [5, 5.41) is 0. The number of hydrogen-bond donors (Lipinski definition) is 1. The van der Waals surface area contributed by atoms with Gasteiger partial charge in [0.2, 0.25) is 0 Å². The number of nitrogen functional groups attached to an aromatic ring is 1. The normalized spacial score (nSPS) is 20.7. The fraction of sp³-hybridized carbons (Fsp3) is 0.500. The van der Waals surface area contributed by atoms with Gasteiger partial charge in [-0.15, -0.1) is 0 Å². The predicted molar refractivity (Wildman–Crippen MR) is 63.4 cm³/mol. The molecule has 0 aromatic heterocycles. The Morgan fingerprint density at radius 3 is 2.87 bits per heavy atom. The summed E-state index contributed by atoms with van der Waals surface area (Å²) in [5.41, 5.74) is 7.94. The summed E-state index contributed by atoms with van der Waals surface area (Å²) in [7, 11) is 1.68. The van der Waals surface area contributed by atoms with Crippen LogP contribution < -0.4 is 15.4 Å². The maximum atomic E-state index is 5.99. The molecule has 0 radical (unpaired) electrons. The summed E-state index contributed by atoms with van der Waals surface area (Å²) < 4.78 is 5.22. The van der Waals surface area contributed by atoms with E-state index in [9.17, 15) is 0 Å². The van der Waals surface area contributed by atoms with E-state index >= 15 is 0 Å². The molecule has 1 atom stereocenters. The van der Waals surface area contributed by atoms with E-state index < -0.39 is 0 Å². The first-order valence-corrected chi connectivity index (χ1v) is 5.42. The standard InChI is InChI=1S/C12H18N2O/c1-9-4-3-7-14(9)12-8-10(15-2)5-6-11(12)13/h5-6,8-9H,3-4,7,13H2,1-2H3. The van der Waals surface area contributed by atoms with Crippen molar-refractivity contribution in [2.45, 2.75) is 25.8 Å². The lowest BCUT2D eigenvalue weighted by atomic mass is 10.2. The highest BCUT2D eigenvalue weighted by molar-refractivity contribution is 5.70. The van der Waals surface area contributed by atoms with E-state index in [1.54, 1.807) is 7.11 Å². The van der Waals surface area contributed by atoms with Crippen molar-refractivity contribution in [2.24, 2.45) is 0 Å². The smallest absolute Gasteiger partial charge is 0.121 e. The maximum absolute atomic E-state index is 5.99. The molecule has 0 spiro atoms. The van der Waals surface area contributed by atoms with Gasteiger partial charge in [0.15, 0.2) is 0 Å². The van der Waals surface area contributed by atoms with Crippen molar-refractivity contribution in [3.8, 4) is 5.75 Å². The Morgan fingerprint density at radius 1 is 1.47 bits per heavy atom. The summed E-state index contributed by atoms with van der Waals surface area (Å²) >= 11 is 0. The lowest BCUT2D eigenvalue weighted by molar-refractivity contribution is 0.415. The minimum atomic E-state index is 0.583. The zero-order valence-corrected chi connectivity index (χ0v) is 9.36. The van der Waals surface area contributed by atoms with Gasteiger partial charge in [-0.05, 0) is 31.9 Å². The molecule has 0 amide bonds. The average molecular weight is 206 g/mol. The van der Waals surface area contributed by atoms with Gasteiger partial charge in [0, 0.05) is 18.7 Å². The SMILES string of the molecule is COc1ccc(N)c(N2CCCC2C)c1. The van der Waals surface area contributed by atoms with Gasteiger partial charge in [0.1, 0.15) is 5.75 Å². The second kappa shape index (κ2) is 4.01. The Hall–Kier alpha value is -1.38. The van der Waals surface area contributed by atoms with Crippen molar-refractivity contribution in [3.63, 3.8) is 0 Å². The van der Waals surface area contributed by atoms with Crippen molar-refractivity contribution in [1.29, 1.82) is 0 Å². The summed E-state index contributed by atoms with van der Waals surface area (Å²) in [4.78, 5) is 2.36.